The van der Waals surface area contributed by atoms with Crippen LogP contribution >= 0.6 is 0 Å². The summed E-state index contributed by atoms with van der Waals surface area (Å²) in [7, 11) is 0. The SMILES string of the molecule is C/C(=N\c1ccccc1C(C)(C)C)c1ncnc(/C(C)=N/c2ccccc2C(C)(C)C)n1. The number of rotatable bonds is 4. The highest BCUT2D eigenvalue weighted by Crippen LogP contribution is 2.32. The molecule has 0 aliphatic heterocycles. The quantitative estimate of drug-likeness (QED) is 0.433. The number of benzene rings is 2. The molecule has 5 heteroatoms. The summed E-state index contributed by atoms with van der Waals surface area (Å²) in [4.78, 5) is 23.1. The molecule has 0 fully saturated rings. The van der Waals surface area contributed by atoms with Crippen molar-refractivity contribution in [3.8, 4) is 0 Å². The summed E-state index contributed by atoms with van der Waals surface area (Å²) in [5.41, 5.74) is 5.72. The van der Waals surface area contributed by atoms with Crippen LogP contribution in [0.25, 0.3) is 0 Å². The van der Waals surface area contributed by atoms with Gasteiger partial charge >= 0.3 is 0 Å². The van der Waals surface area contributed by atoms with Gasteiger partial charge in [-0.2, -0.15) is 0 Å². The van der Waals surface area contributed by atoms with Crippen LogP contribution in [0.3, 0.4) is 0 Å². The van der Waals surface area contributed by atoms with Gasteiger partial charge in [-0.05, 0) is 47.9 Å². The Morgan fingerprint density at radius 2 is 1.00 bits per heavy atom. The zero-order valence-corrected chi connectivity index (χ0v) is 20.4. The molecule has 5 nitrogen and oxygen atoms in total. The smallest absolute Gasteiger partial charge is 0.177 e. The topological polar surface area (TPSA) is 63.4 Å². The lowest BCUT2D eigenvalue weighted by Gasteiger charge is -2.21. The predicted molar refractivity (Wildman–Crippen MR) is 134 cm³/mol. The summed E-state index contributed by atoms with van der Waals surface area (Å²) >= 11 is 0. The van der Waals surface area contributed by atoms with E-state index in [0.717, 1.165) is 22.8 Å². The molecule has 0 amide bonds. The van der Waals surface area contributed by atoms with Gasteiger partial charge in [0.2, 0.25) is 0 Å². The first-order valence-electron chi connectivity index (χ1n) is 11.0. The third-order valence-corrected chi connectivity index (χ3v) is 5.22. The van der Waals surface area contributed by atoms with Crippen LogP contribution in [0.2, 0.25) is 0 Å². The monoisotopic (exact) mass is 427 g/mol. The summed E-state index contributed by atoms with van der Waals surface area (Å²) in [6, 6.07) is 16.4. The largest absolute Gasteiger partial charge is 0.250 e. The summed E-state index contributed by atoms with van der Waals surface area (Å²) in [6.07, 6.45) is 1.53. The fraction of sp³-hybridized carbons (Fsp3) is 0.370. The molecule has 0 spiro atoms. The van der Waals surface area contributed by atoms with E-state index in [1.165, 1.54) is 17.5 Å². The Kier molecular flexibility index (Phi) is 6.68. The van der Waals surface area contributed by atoms with Gasteiger partial charge < -0.3 is 0 Å². The van der Waals surface area contributed by atoms with Crippen LogP contribution in [0.15, 0.2) is 64.8 Å². The lowest BCUT2D eigenvalue weighted by Crippen LogP contribution is -2.13. The van der Waals surface area contributed by atoms with Crippen molar-refractivity contribution in [1.29, 1.82) is 0 Å². The minimum Gasteiger partial charge on any atom is -0.250 e. The van der Waals surface area contributed by atoms with Crippen LogP contribution in [0.4, 0.5) is 11.4 Å². The number of aromatic nitrogens is 3. The molecule has 3 rings (SSSR count). The Balaban J connectivity index is 1.98. The number of nitrogens with zero attached hydrogens (tertiary/aromatic N) is 5. The summed E-state index contributed by atoms with van der Waals surface area (Å²) in [5.74, 6) is 1.11. The average molecular weight is 428 g/mol. The molecule has 1 aromatic heterocycles. The molecular weight excluding hydrogens is 394 g/mol. The van der Waals surface area contributed by atoms with Crippen molar-refractivity contribution in [1.82, 2.24) is 15.0 Å². The molecule has 2 aromatic carbocycles. The van der Waals surface area contributed by atoms with E-state index in [-0.39, 0.29) is 10.8 Å². The first-order chi connectivity index (χ1) is 15.0. The molecule has 0 N–H and O–H groups in total. The Labute approximate surface area is 191 Å². The van der Waals surface area contributed by atoms with Crippen LogP contribution < -0.4 is 0 Å². The summed E-state index contributed by atoms with van der Waals surface area (Å²) < 4.78 is 0. The van der Waals surface area contributed by atoms with Crippen molar-refractivity contribution in [2.24, 2.45) is 9.98 Å². The third-order valence-electron chi connectivity index (χ3n) is 5.22. The van der Waals surface area contributed by atoms with Gasteiger partial charge in [0.25, 0.3) is 0 Å². The van der Waals surface area contributed by atoms with E-state index >= 15 is 0 Å². The fourth-order valence-electron chi connectivity index (χ4n) is 3.52. The Hall–Kier alpha value is -3.21. The molecule has 0 unspecified atom stereocenters. The molecule has 0 aliphatic carbocycles. The van der Waals surface area contributed by atoms with Gasteiger partial charge in [-0.15, -0.1) is 0 Å². The second-order valence-corrected chi connectivity index (χ2v) is 10.1. The Morgan fingerprint density at radius 3 is 1.38 bits per heavy atom. The van der Waals surface area contributed by atoms with Crippen molar-refractivity contribution in [2.45, 2.75) is 66.2 Å². The van der Waals surface area contributed by atoms with Crippen LogP contribution in [0.5, 0.6) is 0 Å². The molecule has 3 aromatic rings. The Bertz CT molecular complexity index is 1070. The van der Waals surface area contributed by atoms with E-state index in [4.69, 9.17) is 9.98 Å². The standard InChI is InChI=1S/C27H33N5/c1-18(30-22-15-11-9-13-20(22)26(3,4)5)24-28-17-29-25(32-24)19(2)31-23-16-12-10-14-21(23)27(6,7)8/h9-17H,1-8H3/b30-18+,31-19+. The maximum Gasteiger partial charge on any atom is 0.177 e. The zero-order chi connectivity index (χ0) is 23.5. The molecule has 0 atom stereocenters. The second-order valence-electron chi connectivity index (χ2n) is 10.1. The normalized spacial score (nSPS) is 13.4. The maximum absolute atomic E-state index is 4.85. The van der Waals surface area contributed by atoms with Gasteiger partial charge in [-0.3, -0.25) is 0 Å². The van der Waals surface area contributed by atoms with Crippen molar-refractivity contribution in [3.05, 3.63) is 77.6 Å². The summed E-state index contributed by atoms with van der Waals surface area (Å²) in [5, 5.41) is 0. The molecule has 0 saturated carbocycles. The first-order valence-corrected chi connectivity index (χ1v) is 11.0. The second kappa shape index (κ2) is 9.11. The van der Waals surface area contributed by atoms with E-state index in [0.29, 0.717) is 11.6 Å². The van der Waals surface area contributed by atoms with Crippen LogP contribution in [0, 0.1) is 0 Å². The van der Waals surface area contributed by atoms with E-state index in [2.05, 4.69) is 68.6 Å². The number of hydrogen-bond acceptors (Lipinski definition) is 5. The maximum atomic E-state index is 4.85. The lowest BCUT2D eigenvalue weighted by molar-refractivity contribution is 0.591. The van der Waals surface area contributed by atoms with Gasteiger partial charge in [0, 0.05) is 0 Å². The lowest BCUT2D eigenvalue weighted by atomic mass is 9.86. The minimum absolute atomic E-state index is 0.00563. The molecule has 0 aliphatic rings. The van der Waals surface area contributed by atoms with E-state index < -0.39 is 0 Å². The average Bonchev–Trinajstić information content (AvgIpc) is 2.73. The molecule has 32 heavy (non-hydrogen) atoms. The highest BCUT2D eigenvalue weighted by atomic mass is 15.0. The highest BCUT2D eigenvalue weighted by molar-refractivity contribution is 6.00. The minimum atomic E-state index is -0.00563. The first kappa shape index (κ1) is 23.5. The third kappa shape index (κ3) is 5.52. The van der Waals surface area contributed by atoms with Crippen molar-refractivity contribution in [2.75, 3.05) is 0 Å². The summed E-state index contributed by atoms with van der Waals surface area (Å²) in [6.45, 7) is 17.0. The molecule has 0 saturated heterocycles. The highest BCUT2D eigenvalue weighted by Gasteiger charge is 2.19. The van der Waals surface area contributed by atoms with Crippen LogP contribution in [-0.2, 0) is 10.8 Å². The number of aliphatic imine (C=N–C) groups is 2. The molecular formula is C27H33N5. The van der Waals surface area contributed by atoms with Crippen LogP contribution in [0.1, 0.15) is 78.2 Å². The van der Waals surface area contributed by atoms with Gasteiger partial charge in [-0.25, -0.2) is 24.9 Å². The molecule has 0 bridgehead atoms. The fourth-order valence-corrected chi connectivity index (χ4v) is 3.52. The Morgan fingerprint density at radius 1 is 0.625 bits per heavy atom. The van der Waals surface area contributed by atoms with Crippen molar-refractivity contribution < 1.29 is 0 Å². The van der Waals surface area contributed by atoms with E-state index in [9.17, 15) is 0 Å². The predicted octanol–water partition coefficient (Wildman–Crippen LogP) is 6.75. The molecule has 166 valence electrons. The molecule has 0 radical (unpaired) electrons. The van der Waals surface area contributed by atoms with Gasteiger partial charge in [-0.1, -0.05) is 77.9 Å². The van der Waals surface area contributed by atoms with Crippen molar-refractivity contribution in [3.63, 3.8) is 0 Å². The van der Waals surface area contributed by atoms with Gasteiger partial charge in [0.05, 0.1) is 22.8 Å². The van der Waals surface area contributed by atoms with E-state index in [1.54, 1.807) is 0 Å². The van der Waals surface area contributed by atoms with Crippen molar-refractivity contribution >= 4 is 22.8 Å². The zero-order valence-electron chi connectivity index (χ0n) is 20.4. The van der Waals surface area contributed by atoms with Crippen LogP contribution in [-0.4, -0.2) is 26.4 Å². The number of para-hydroxylation sites is 2. The molecule has 1 heterocycles. The van der Waals surface area contributed by atoms with Gasteiger partial charge in [0.1, 0.15) is 6.33 Å². The van der Waals surface area contributed by atoms with E-state index in [1.807, 2.05) is 50.2 Å². The van der Waals surface area contributed by atoms with Gasteiger partial charge in [0.15, 0.2) is 11.6 Å². The number of hydrogen-bond donors (Lipinski definition) is 0.